The normalized spacial score (nSPS) is 11.8. The lowest BCUT2D eigenvalue weighted by atomic mass is 9.93. The summed E-state index contributed by atoms with van der Waals surface area (Å²) >= 11 is 0. The van der Waals surface area contributed by atoms with Crippen molar-refractivity contribution >= 4 is 11.9 Å². The van der Waals surface area contributed by atoms with E-state index in [1.165, 1.54) is 28.7 Å². The minimum Gasteiger partial charge on any atom is -0.394 e. The molecule has 1 N–H and O–H groups in total. The number of pyridine rings is 3. The van der Waals surface area contributed by atoms with Crippen molar-refractivity contribution in [3.63, 3.8) is 0 Å². The van der Waals surface area contributed by atoms with Crippen LogP contribution in [0.1, 0.15) is 108 Å². The van der Waals surface area contributed by atoms with Crippen molar-refractivity contribution in [3.05, 3.63) is 132 Å². The van der Waals surface area contributed by atoms with Crippen molar-refractivity contribution in [1.29, 1.82) is 0 Å². The molecule has 1 atom stereocenters. The number of para-hydroxylation sites is 1. The molecule has 0 amide bonds. The molecule has 1 aromatic carbocycles. The molecule has 3 heterocycles. The van der Waals surface area contributed by atoms with Crippen LogP contribution in [0, 0.1) is 0 Å². The monoisotopic (exact) mass is 603 g/mol. The lowest BCUT2D eigenvalue weighted by Crippen LogP contribution is -1.98. The molecular formula is C40H53N5. The Kier molecular flexibility index (Phi) is 16.8. The number of aliphatic imine (C=N–C) groups is 1. The molecule has 0 saturated heterocycles. The van der Waals surface area contributed by atoms with E-state index in [9.17, 15) is 0 Å². The highest BCUT2D eigenvalue weighted by atomic mass is 14.8. The lowest BCUT2D eigenvalue weighted by molar-refractivity contribution is 0.731. The summed E-state index contributed by atoms with van der Waals surface area (Å²) in [5, 5.41) is 2.97. The first-order valence-corrected chi connectivity index (χ1v) is 16.2. The third-order valence-electron chi connectivity index (χ3n) is 7.38. The quantitative estimate of drug-likeness (QED) is 0.137. The number of rotatable bonds is 11. The fourth-order valence-corrected chi connectivity index (χ4v) is 4.70. The molecule has 4 rings (SSSR count). The maximum absolute atomic E-state index is 4.73. The molecule has 0 radical (unpaired) electrons. The van der Waals surface area contributed by atoms with Gasteiger partial charge in [-0.2, -0.15) is 0 Å². The maximum Gasteiger partial charge on any atom is 0.0920 e. The van der Waals surface area contributed by atoms with E-state index < -0.39 is 0 Å². The minimum absolute atomic E-state index is 0.463. The Morgan fingerprint density at radius 3 is 1.91 bits per heavy atom. The van der Waals surface area contributed by atoms with Crippen LogP contribution < -0.4 is 5.32 Å². The van der Waals surface area contributed by atoms with Crippen LogP contribution in [-0.2, 0) is 0 Å². The number of aromatic nitrogens is 3. The number of allylic oxidation sites excluding steroid dienone is 2. The Morgan fingerprint density at radius 1 is 0.778 bits per heavy atom. The van der Waals surface area contributed by atoms with Gasteiger partial charge in [-0.05, 0) is 89.4 Å². The molecule has 0 bridgehead atoms. The number of hydrogen-bond donors (Lipinski definition) is 1. The topological polar surface area (TPSA) is 63.1 Å². The van der Waals surface area contributed by atoms with Crippen LogP contribution in [0.25, 0.3) is 11.4 Å². The zero-order chi connectivity index (χ0) is 33.0. The van der Waals surface area contributed by atoms with Gasteiger partial charge in [0.25, 0.3) is 0 Å². The molecule has 3 aromatic heterocycles. The molecule has 0 aliphatic heterocycles. The van der Waals surface area contributed by atoms with Crippen molar-refractivity contribution in [1.82, 2.24) is 20.3 Å². The van der Waals surface area contributed by atoms with Gasteiger partial charge < -0.3 is 5.32 Å². The molecule has 238 valence electrons. The SMILES string of the molecule is C=C/C(=C\NC)CCC.CC(C)c1cccc(C(C)C)c1N=Cc1ccccn1.CC[C@H](C)c1cccnc1-c1ccccn1. The predicted molar refractivity (Wildman–Crippen MR) is 195 cm³/mol. The first-order valence-electron chi connectivity index (χ1n) is 16.2. The second-order valence-corrected chi connectivity index (χ2v) is 11.5. The first kappa shape index (κ1) is 36.8. The van der Waals surface area contributed by atoms with Gasteiger partial charge in [0, 0.05) is 25.6 Å². The largest absolute Gasteiger partial charge is 0.394 e. The van der Waals surface area contributed by atoms with Crippen LogP contribution in [-0.4, -0.2) is 28.2 Å². The second-order valence-electron chi connectivity index (χ2n) is 11.5. The van der Waals surface area contributed by atoms with Gasteiger partial charge in [-0.1, -0.05) is 104 Å². The predicted octanol–water partition coefficient (Wildman–Crippen LogP) is 10.8. The number of hydrogen-bond acceptors (Lipinski definition) is 5. The highest BCUT2D eigenvalue weighted by Gasteiger charge is 2.13. The Labute approximate surface area is 272 Å². The second kappa shape index (κ2) is 20.6. The third-order valence-corrected chi connectivity index (χ3v) is 7.38. The molecule has 0 aliphatic carbocycles. The van der Waals surface area contributed by atoms with Crippen LogP contribution in [0.4, 0.5) is 5.69 Å². The molecule has 0 unspecified atom stereocenters. The number of nitrogens with one attached hydrogen (secondary N) is 1. The molecule has 0 fully saturated rings. The van der Waals surface area contributed by atoms with Crippen molar-refractivity contribution < 1.29 is 0 Å². The fraction of sp³-hybridized carbons (Fsp3) is 0.350. The summed E-state index contributed by atoms with van der Waals surface area (Å²) in [7, 11) is 1.90. The smallest absolute Gasteiger partial charge is 0.0920 e. The van der Waals surface area contributed by atoms with Gasteiger partial charge in [0.15, 0.2) is 0 Å². The molecular weight excluding hydrogens is 550 g/mol. The Balaban J connectivity index is 0.000000253. The lowest BCUT2D eigenvalue weighted by Gasteiger charge is -2.16. The van der Waals surface area contributed by atoms with E-state index in [1.54, 1.807) is 6.20 Å². The van der Waals surface area contributed by atoms with Crippen LogP contribution >= 0.6 is 0 Å². The van der Waals surface area contributed by atoms with E-state index in [0.717, 1.165) is 35.6 Å². The van der Waals surface area contributed by atoms with Gasteiger partial charge in [-0.3, -0.25) is 19.9 Å². The van der Waals surface area contributed by atoms with E-state index in [0.29, 0.717) is 17.8 Å². The first-order chi connectivity index (χ1) is 21.8. The minimum atomic E-state index is 0.463. The van der Waals surface area contributed by atoms with E-state index >= 15 is 0 Å². The molecule has 45 heavy (non-hydrogen) atoms. The molecule has 5 heteroatoms. The molecule has 0 saturated carbocycles. The van der Waals surface area contributed by atoms with Crippen molar-refractivity contribution in [2.24, 2.45) is 4.99 Å². The average Bonchev–Trinajstić information content (AvgIpc) is 3.08. The third kappa shape index (κ3) is 12.3. The zero-order valence-electron chi connectivity index (χ0n) is 28.7. The Morgan fingerprint density at radius 2 is 1.40 bits per heavy atom. The van der Waals surface area contributed by atoms with Crippen molar-refractivity contribution in [3.8, 4) is 11.4 Å². The summed E-state index contributed by atoms with van der Waals surface area (Å²) in [4.78, 5) is 17.8. The van der Waals surface area contributed by atoms with Crippen molar-refractivity contribution in [2.45, 2.75) is 85.5 Å². The van der Waals surface area contributed by atoms with Crippen LogP contribution in [0.15, 0.2) is 115 Å². The van der Waals surface area contributed by atoms with Crippen LogP contribution in [0.3, 0.4) is 0 Å². The summed E-state index contributed by atoms with van der Waals surface area (Å²) in [6.45, 7) is 19.1. The van der Waals surface area contributed by atoms with Crippen molar-refractivity contribution in [2.75, 3.05) is 7.05 Å². The van der Waals surface area contributed by atoms with Gasteiger partial charge in [-0.25, -0.2) is 0 Å². The fourth-order valence-electron chi connectivity index (χ4n) is 4.70. The summed E-state index contributed by atoms with van der Waals surface area (Å²) < 4.78 is 0. The molecule has 0 spiro atoms. The van der Waals surface area contributed by atoms with Crippen LogP contribution in [0.5, 0.6) is 0 Å². The van der Waals surface area contributed by atoms with E-state index in [4.69, 9.17) is 4.99 Å². The van der Waals surface area contributed by atoms with E-state index in [2.05, 4.69) is 99.6 Å². The number of nitrogens with zero attached hydrogens (tertiary/aromatic N) is 4. The number of benzene rings is 1. The molecule has 0 aliphatic rings. The highest BCUT2D eigenvalue weighted by molar-refractivity contribution is 5.80. The van der Waals surface area contributed by atoms with Gasteiger partial charge in [0.1, 0.15) is 0 Å². The summed E-state index contributed by atoms with van der Waals surface area (Å²) in [5.41, 5.74) is 9.11. The van der Waals surface area contributed by atoms with E-state index in [-0.39, 0.29) is 0 Å². The Bertz CT molecular complexity index is 1430. The van der Waals surface area contributed by atoms with Gasteiger partial charge in [0.2, 0.25) is 0 Å². The van der Waals surface area contributed by atoms with Crippen LogP contribution in [0.2, 0.25) is 0 Å². The summed E-state index contributed by atoms with van der Waals surface area (Å²) in [6, 6.07) is 22.4. The van der Waals surface area contributed by atoms with Gasteiger partial charge >= 0.3 is 0 Å². The molecule has 4 aromatic rings. The maximum atomic E-state index is 4.73. The zero-order valence-corrected chi connectivity index (χ0v) is 28.7. The summed E-state index contributed by atoms with van der Waals surface area (Å²) in [5.74, 6) is 1.44. The highest BCUT2D eigenvalue weighted by Crippen LogP contribution is 2.34. The average molecular weight is 604 g/mol. The van der Waals surface area contributed by atoms with Gasteiger partial charge in [-0.15, -0.1) is 0 Å². The van der Waals surface area contributed by atoms with E-state index in [1.807, 2.05) is 80.4 Å². The summed E-state index contributed by atoms with van der Waals surface area (Å²) in [6.07, 6.45) is 14.6. The Hall–Kier alpha value is -4.38. The molecule has 5 nitrogen and oxygen atoms in total. The van der Waals surface area contributed by atoms with Gasteiger partial charge in [0.05, 0.1) is 29.0 Å². The standard InChI is InChI=1S/C18H22N2.C14H16N2.C8H15N/c1-13(2)16-9-7-10-17(14(3)4)18(16)20-12-15-8-5-6-11-19-15;1-3-11(2)12-7-6-10-16-14(12)13-8-4-5-9-15-13;1-4-6-8(5-2)7-9-3/h5-14H,1-4H3;4-11H,3H2,1-2H3;5,7,9H,2,4,6H2,1,3H3/b;;8-7+/t;11-;/m.0./s1.